The fraction of sp³-hybridized carbons (Fsp3) is 0.211. The van der Waals surface area contributed by atoms with E-state index < -0.39 is 23.6 Å². The quantitative estimate of drug-likeness (QED) is 0.607. The Bertz CT molecular complexity index is 876. The van der Waals surface area contributed by atoms with Crippen molar-refractivity contribution in [3.63, 3.8) is 0 Å². The van der Waals surface area contributed by atoms with Crippen molar-refractivity contribution in [1.82, 2.24) is 5.43 Å². The first-order valence-electron chi connectivity index (χ1n) is 8.02. The van der Waals surface area contributed by atoms with E-state index in [2.05, 4.69) is 15.8 Å². The molecular formula is C19H18F3N3O2. The van der Waals surface area contributed by atoms with Crippen LogP contribution in [0.15, 0.2) is 53.6 Å². The summed E-state index contributed by atoms with van der Waals surface area (Å²) in [5, 5.41) is 6.22. The summed E-state index contributed by atoms with van der Waals surface area (Å²) in [6.45, 7) is 3.38. The van der Waals surface area contributed by atoms with Gasteiger partial charge in [0.25, 0.3) is 5.91 Å². The third kappa shape index (κ3) is 6.25. The van der Waals surface area contributed by atoms with Crippen LogP contribution in [0.1, 0.15) is 34.8 Å². The number of hydrogen-bond acceptors (Lipinski definition) is 3. The second-order valence-corrected chi connectivity index (χ2v) is 5.96. The molecule has 0 saturated carbocycles. The van der Waals surface area contributed by atoms with Crippen molar-refractivity contribution in [3.8, 4) is 0 Å². The number of amides is 2. The van der Waals surface area contributed by atoms with Crippen LogP contribution < -0.4 is 10.7 Å². The highest BCUT2D eigenvalue weighted by atomic mass is 19.4. The zero-order chi connectivity index (χ0) is 20.0. The first-order valence-corrected chi connectivity index (χ1v) is 8.02. The number of halogens is 3. The summed E-state index contributed by atoms with van der Waals surface area (Å²) in [4.78, 5) is 23.9. The van der Waals surface area contributed by atoms with Gasteiger partial charge in [0.2, 0.25) is 5.91 Å². The lowest BCUT2D eigenvalue weighted by Crippen LogP contribution is -2.21. The number of alkyl halides is 3. The molecular weight excluding hydrogens is 359 g/mol. The number of carbonyl (C=O) groups excluding carboxylic acids is 2. The third-order valence-electron chi connectivity index (χ3n) is 3.52. The van der Waals surface area contributed by atoms with Crippen LogP contribution >= 0.6 is 0 Å². The summed E-state index contributed by atoms with van der Waals surface area (Å²) < 4.78 is 38.1. The van der Waals surface area contributed by atoms with Crippen LogP contribution in [-0.4, -0.2) is 17.5 Å². The Hall–Kier alpha value is -3.16. The van der Waals surface area contributed by atoms with Crippen molar-refractivity contribution in [1.29, 1.82) is 0 Å². The van der Waals surface area contributed by atoms with E-state index in [-0.39, 0.29) is 12.1 Å². The van der Waals surface area contributed by atoms with Crippen molar-refractivity contribution < 1.29 is 22.8 Å². The number of rotatable bonds is 5. The highest BCUT2D eigenvalue weighted by Gasteiger charge is 2.30. The molecule has 0 unspecified atom stereocenters. The van der Waals surface area contributed by atoms with Gasteiger partial charge in [0.05, 0.1) is 12.0 Å². The summed E-state index contributed by atoms with van der Waals surface area (Å²) in [6.07, 6.45) is -4.66. The Labute approximate surface area is 154 Å². The smallest absolute Gasteiger partial charge is 0.326 e. The van der Waals surface area contributed by atoms with Crippen molar-refractivity contribution in [2.45, 2.75) is 26.4 Å². The van der Waals surface area contributed by atoms with Crippen LogP contribution in [0.25, 0.3) is 0 Å². The molecule has 142 valence electrons. The van der Waals surface area contributed by atoms with Crippen LogP contribution in [-0.2, 0) is 11.0 Å². The molecule has 0 atom stereocenters. The van der Waals surface area contributed by atoms with Crippen molar-refractivity contribution >= 4 is 23.2 Å². The molecule has 2 N–H and O–H groups in total. The van der Waals surface area contributed by atoms with E-state index in [0.29, 0.717) is 11.3 Å². The van der Waals surface area contributed by atoms with Crippen molar-refractivity contribution in [2.75, 3.05) is 5.32 Å². The molecule has 0 aliphatic heterocycles. The minimum Gasteiger partial charge on any atom is -0.326 e. The summed E-state index contributed by atoms with van der Waals surface area (Å²) in [5.41, 5.74) is 3.18. The number of hydrogen-bond donors (Lipinski definition) is 2. The van der Waals surface area contributed by atoms with E-state index in [4.69, 9.17) is 0 Å². The van der Waals surface area contributed by atoms with Gasteiger partial charge in [-0.05, 0) is 44.2 Å². The predicted molar refractivity (Wildman–Crippen MR) is 96.4 cm³/mol. The first kappa shape index (κ1) is 20.2. The van der Waals surface area contributed by atoms with E-state index in [0.717, 1.165) is 17.7 Å². The Morgan fingerprint density at radius 2 is 1.78 bits per heavy atom. The second-order valence-electron chi connectivity index (χ2n) is 5.96. The molecule has 5 nitrogen and oxygen atoms in total. The van der Waals surface area contributed by atoms with Gasteiger partial charge in [-0.25, -0.2) is 5.43 Å². The van der Waals surface area contributed by atoms with E-state index in [1.165, 1.54) is 19.1 Å². The summed E-state index contributed by atoms with van der Waals surface area (Å²) in [5.74, 6) is -0.961. The fourth-order valence-corrected chi connectivity index (χ4v) is 2.25. The van der Waals surface area contributed by atoms with Gasteiger partial charge in [0, 0.05) is 17.0 Å². The molecule has 0 bridgehead atoms. The lowest BCUT2D eigenvalue weighted by molar-refractivity contribution is -0.137. The number of anilines is 1. The van der Waals surface area contributed by atoms with Crippen molar-refractivity contribution in [2.24, 2.45) is 5.10 Å². The maximum atomic E-state index is 12.7. The normalized spacial score (nSPS) is 11.8. The average Bonchev–Trinajstić information content (AvgIpc) is 2.59. The van der Waals surface area contributed by atoms with Crippen LogP contribution in [0.3, 0.4) is 0 Å². The maximum absolute atomic E-state index is 12.7. The van der Waals surface area contributed by atoms with E-state index in [1.807, 2.05) is 13.0 Å². The highest BCUT2D eigenvalue weighted by molar-refractivity contribution is 6.06. The highest BCUT2D eigenvalue weighted by Crippen LogP contribution is 2.30. The third-order valence-corrected chi connectivity index (χ3v) is 3.52. The molecule has 8 heteroatoms. The van der Waals surface area contributed by atoms with Gasteiger partial charge in [-0.3, -0.25) is 9.59 Å². The van der Waals surface area contributed by atoms with E-state index in [1.54, 1.807) is 18.2 Å². The molecule has 2 aromatic rings. The number of nitrogens with zero attached hydrogens (tertiary/aromatic N) is 1. The molecule has 0 aliphatic rings. The molecule has 2 amide bonds. The van der Waals surface area contributed by atoms with Gasteiger partial charge < -0.3 is 5.32 Å². The molecule has 0 spiro atoms. The predicted octanol–water partition coefficient (Wildman–Crippen LogP) is 4.15. The van der Waals surface area contributed by atoms with Crippen LogP contribution in [0.2, 0.25) is 0 Å². The number of carbonyl (C=O) groups is 2. The zero-order valence-electron chi connectivity index (χ0n) is 14.7. The second kappa shape index (κ2) is 8.48. The molecule has 0 heterocycles. The first-order chi connectivity index (χ1) is 12.6. The van der Waals surface area contributed by atoms with E-state index in [9.17, 15) is 22.8 Å². The summed E-state index contributed by atoms with van der Waals surface area (Å²) in [7, 11) is 0. The van der Waals surface area contributed by atoms with Crippen LogP contribution in [0.4, 0.5) is 18.9 Å². The van der Waals surface area contributed by atoms with Gasteiger partial charge in [-0.1, -0.05) is 23.8 Å². The van der Waals surface area contributed by atoms with Crippen LogP contribution in [0.5, 0.6) is 0 Å². The van der Waals surface area contributed by atoms with Gasteiger partial charge >= 0.3 is 6.18 Å². The largest absolute Gasteiger partial charge is 0.416 e. The van der Waals surface area contributed by atoms with Gasteiger partial charge in [0.15, 0.2) is 0 Å². The van der Waals surface area contributed by atoms with Gasteiger partial charge in [-0.15, -0.1) is 0 Å². The fourth-order valence-electron chi connectivity index (χ4n) is 2.25. The maximum Gasteiger partial charge on any atom is 0.416 e. The standard InChI is InChI=1S/C19H18F3N3O2/c1-12-5-3-6-14(9-12)18(27)25-24-13(2)10-17(26)23-16-8-4-7-15(11-16)19(20,21)22/h3-9,11H,10H2,1-2H3,(H,23,26)(H,25,27)/b24-13+. The van der Waals surface area contributed by atoms with E-state index >= 15 is 0 Å². The minimum atomic E-state index is -4.49. The molecule has 2 aromatic carbocycles. The Kier molecular flexibility index (Phi) is 6.33. The molecule has 0 aliphatic carbocycles. The number of hydrazone groups is 1. The zero-order valence-corrected chi connectivity index (χ0v) is 14.7. The lowest BCUT2D eigenvalue weighted by Gasteiger charge is -2.10. The van der Waals surface area contributed by atoms with Crippen molar-refractivity contribution in [3.05, 3.63) is 65.2 Å². The molecule has 27 heavy (non-hydrogen) atoms. The molecule has 2 rings (SSSR count). The lowest BCUT2D eigenvalue weighted by atomic mass is 10.1. The number of benzene rings is 2. The summed E-state index contributed by atoms with van der Waals surface area (Å²) in [6, 6.07) is 11.3. The molecule has 0 aromatic heterocycles. The topological polar surface area (TPSA) is 70.6 Å². The number of aryl methyl sites for hydroxylation is 1. The Balaban J connectivity index is 1.93. The van der Waals surface area contributed by atoms with Gasteiger partial charge in [-0.2, -0.15) is 18.3 Å². The molecule has 0 saturated heterocycles. The molecule has 0 radical (unpaired) electrons. The Morgan fingerprint density at radius 3 is 2.44 bits per heavy atom. The number of nitrogens with one attached hydrogen (secondary N) is 2. The summed E-state index contributed by atoms with van der Waals surface area (Å²) >= 11 is 0. The SMILES string of the molecule is C/C(CC(=O)Nc1cccc(C(F)(F)F)c1)=N\NC(=O)c1cccc(C)c1. The molecule has 0 fully saturated rings. The van der Waals surface area contributed by atoms with Crippen LogP contribution in [0, 0.1) is 6.92 Å². The monoisotopic (exact) mass is 377 g/mol. The Morgan fingerprint density at radius 1 is 1.07 bits per heavy atom. The minimum absolute atomic E-state index is 0.0337. The van der Waals surface area contributed by atoms with Gasteiger partial charge in [0.1, 0.15) is 0 Å². The average molecular weight is 377 g/mol.